The first kappa shape index (κ1) is 38.6. The highest BCUT2D eigenvalue weighted by Crippen LogP contribution is 2.30. The fourth-order valence-electron chi connectivity index (χ4n) is 7.10. The first-order valence-electron chi connectivity index (χ1n) is 19.5. The standard InChI is InChI=1S/C54H38N2O4/c57-55(58)51-31-27-45(28-32-51)53(43-9-3-1-4-10-43)35-41-19-15-39(16-20-41)23-25-49-37-47-13-7-8-14-48(47)38-50(49)26-24-40-17-21-42(22-18-40)36-54(44-11-5-2-6-12-44)46-29-33-52(34-30-46)56(59)60/h1-38H. The minimum absolute atomic E-state index is 0.0620. The lowest BCUT2D eigenvalue weighted by atomic mass is 9.95. The average Bonchev–Trinajstić information content (AvgIpc) is 3.30. The number of benzene rings is 8. The third kappa shape index (κ3) is 9.31. The van der Waals surface area contributed by atoms with Gasteiger partial charge in [0, 0.05) is 24.3 Å². The summed E-state index contributed by atoms with van der Waals surface area (Å²) in [6, 6.07) is 62.9. The van der Waals surface area contributed by atoms with Gasteiger partial charge in [-0.3, -0.25) is 20.2 Å². The van der Waals surface area contributed by atoms with Gasteiger partial charge in [0.05, 0.1) is 9.85 Å². The van der Waals surface area contributed by atoms with Crippen LogP contribution in [0.3, 0.4) is 0 Å². The van der Waals surface area contributed by atoms with Crippen LogP contribution in [0.25, 0.3) is 58.4 Å². The molecule has 6 heteroatoms. The molecule has 0 amide bonds. The van der Waals surface area contributed by atoms with E-state index in [2.05, 4.69) is 121 Å². The third-order valence-electron chi connectivity index (χ3n) is 10.3. The quantitative estimate of drug-likeness (QED) is 0.0702. The van der Waals surface area contributed by atoms with Gasteiger partial charge < -0.3 is 0 Å². The summed E-state index contributed by atoms with van der Waals surface area (Å²) in [5, 5.41) is 24.9. The van der Waals surface area contributed by atoms with Crippen molar-refractivity contribution >= 4 is 69.7 Å². The third-order valence-corrected chi connectivity index (χ3v) is 10.3. The lowest BCUT2D eigenvalue weighted by molar-refractivity contribution is -0.385. The number of nitro benzene ring substituents is 2. The summed E-state index contributed by atoms with van der Waals surface area (Å²) in [6.07, 6.45) is 12.8. The van der Waals surface area contributed by atoms with E-state index in [1.54, 1.807) is 48.5 Å². The van der Waals surface area contributed by atoms with Crippen LogP contribution in [0.2, 0.25) is 0 Å². The Morgan fingerprint density at radius 3 is 1.02 bits per heavy atom. The first-order valence-corrected chi connectivity index (χ1v) is 19.5. The molecule has 0 radical (unpaired) electrons. The Balaban J connectivity index is 1.05. The normalized spacial score (nSPS) is 12.0. The van der Waals surface area contributed by atoms with Crippen LogP contribution < -0.4 is 0 Å². The molecule has 8 aromatic rings. The summed E-state index contributed by atoms with van der Waals surface area (Å²) < 4.78 is 0. The molecule has 6 nitrogen and oxygen atoms in total. The summed E-state index contributed by atoms with van der Waals surface area (Å²) in [7, 11) is 0. The minimum atomic E-state index is -0.382. The number of non-ortho nitro benzene ring substituents is 2. The maximum atomic E-state index is 11.3. The van der Waals surface area contributed by atoms with Gasteiger partial charge in [0.1, 0.15) is 0 Å². The molecule has 0 N–H and O–H groups in total. The zero-order valence-electron chi connectivity index (χ0n) is 32.5. The second kappa shape index (κ2) is 17.9. The van der Waals surface area contributed by atoms with Crippen molar-refractivity contribution in [1.82, 2.24) is 0 Å². The Morgan fingerprint density at radius 2 is 0.667 bits per heavy atom. The van der Waals surface area contributed by atoms with Crippen molar-refractivity contribution in [2.45, 2.75) is 0 Å². The van der Waals surface area contributed by atoms with E-state index >= 15 is 0 Å². The van der Waals surface area contributed by atoms with E-state index in [-0.39, 0.29) is 21.2 Å². The van der Waals surface area contributed by atoms with Crippen molar-refractivity contribution < 1.29 is 9.85 Å². The number of nitro groups is 2. The molecular weight excluding hydrogens is 741 g/mol. The summed E-state index contributed by atoms with van der Waals surface area (Å²) in [5.41, 5.74) is 12.3. The monoisotopic (exact) mass is 778 g/mol. The molecule has 60 heavy (non-hydrogen) atoms. The van der Waals surface area contributed by atoms with Gasteiger partial charge in [0.15, 0.2) is 0 Å². The second-order valence-corrected chi connectivity index (χ2v) is 14.3. The number of nitrogens with zero attached hydrogens (tertiary/aromatic N) is 2. The van der Waals surface area contributed by atoms with Crippen LogP contribution in [0.15, 0.2) is 194 Å². The van der Waals surface area contributed by atoms with Crippen LogP contribution >= 0.6 is 0 Å². The van der Waals surface area contributed by atoms with Crippen molar-refractivity contribution in [3.63, 3.8) is 0 Å². The van der Waals surface area contributed by atoms with Crippen molar-refractivity contribution in [2.24, 2.45) is 0 Å². The highest BCUT2D eigenvalue weighted by atomic mass is 16.6. The Hall–Kier alpha value is -8.22. The van der Waals surface area contributed by atoms with Crippen molar-refractivity contribution in [3.05, 3.63) is 270 Å². The molecule has 0 bridgehead atoms. The van der Waals surface area contributed by atoms with Crippen molar-refractivity contribution in [3.8, 4) is 0 Å². The van der Waals surface area contributed by atoms with Gasteiger partial charge in [-0.25, -0.2) is 0 Å². The summed E-state index contributed by atoms with van der Waals surface area (Å²) in [4.78, 5) is 21.8. The van der Waals surface area contributed by atoms with E-state index in [1.165, 1.54) is 0 Å². The van der Waals surface area contributed by atoms with E-state index in [1.807, 2.05) is 60.7 Å². The number of hydrogen-bond donors (Lipinski definition) is 0. The molecule has 0 aliphatic carbocycles. The maximum Gasteiger partial charge on any atom is 0.269 e. The van der Waals surface area contributed by atoms with Crippen molar-refractivity contribution in [1.29, 1.82) is 0 Å². The Morgan fingerprint density at radius 1 is 0.350 bits per heavy atom. The lowest BCUT2D eigenvalue weighted by Gasteiger charge is -2.09. The zero-order chi connectivity index (χ0) is 41.3. The molecule has 0 fully saturated rings. The van der Waals surface area contributed by atoms with Gasteiger partial charge in [-0.1, -0.05) is 158 Å². The predicted octanol–water partition coefficient (Wildman–Crippen LogP) is 14.2. The van der Waals surface area contributed by atoms with E-state index in [0.29, 0.717) is 0 Å². The summed E-state index contributed by atoms with van der Waals surface area (Å²) >= 11 is 0. The molecule has 0 aliphatic rings. The zero-order valence-corrected chi connectivity index (χ0v) is 32.5. The molecule has 0 saturated heterocycles. The predicted molar refractivity (Wildman–Crippen MR) is 248 cm³/mol. The molecule has 0 atom stereocenters. The molecule has 0 heterocycles. The Bertz CT molecular complexity index is 2710. The highest BCUT2D eigenvalue weighted by Gasteiger charge is 2.11. The highest BCUT2D eigenvalue weighted by molar-refractivity contribution is 5.94. The topological polar surface area (TPSA) is 86.3 Å². The molecule has 8 rings (SSSR count). The number of fused-ring (bicyclic) bond motifs is 1. The lowest BCUT2D eigenvalue weighted by Crippen LogP contribution is -1.91. The van der Waals surface area contributed by atoms with Crippen molar-refractivity contribution in [2.75, 3.05) is 0 Å². The van der Waals surface area contributed by atoms with Crippen LogP contribution in [0.1, 0.15) is 55.6 Å². The maximum absolute atomic E-state index is 11.3. The van der Waals surface area contributed by atoms with Crippen LogP contribution in [0.4, 0.5) is 11.4 Å². The Kier molecular flexibility index (Phi) is 11.5. The van der Waals surface area contributed by atoms with E-state index in [0.717, 1.165) is 77.6 Å². The smallest absolute Gasteiger partial charge is 0.258 e. The molecule has 0 spiro atoms. The van der Waals surface area contributed by atoms with Gasteiger partial charge in [-0.2, -0.15) is 0 Å². The van der Waals surface area contributed by atoms with Gasteiger partial charge in [0.2, 0.25) is 0 Å². The molecule has 0 unspecified atom stereocenters. The fourth-order valence-corrected chi connectivity index (χ4v) is 7.10. The first-order chi connectivity index (χ1) is 29.4. The number of hydrogen-bond acceptors (Lipinski definition) is 4. The molecule has 0 aromatic heterocycles. The molecule has 0 aliphatic heterocycles. The minimum Gasteiger partial charge on any atom is -0.258 e. The van der Waals surface area contributed by atoms with Crippen LogP contribution in [-0.2, 0) is 0 Å². The average molecular weight is 779 g/mol. The van der Waals surface area contributed by atoms with Gasteiger partial charge in [-0.15, -0.1) is 0 Å². The molecule has 0 saturated carbocycles. The van der Waals surface area contributed by atoms with Gasteiger partial charge in [0.25, 0.3) is 11.4 Å². The fraction of sp³-hybridized carbons (Fsp3) is 0. The summed E-state index contributed by atoms with van der Waals surface area (Å²) in [6.45, 7) is 0. The Labute approximate surface area is 348 Å². The molecular formula is C54H38N2O4. The van der Waals surface area contributed by atoms with E-state index in [4.69, 9.17) is 0 Å². The SMILES string of the molecule is O=[N+]([O-])c1ccc(C(=Cc2ccc(C=Cc3cc4ccccc4cc3C=Cc3ccc(C=C(c4ccccc4)c4ccc([N+](=O)[O-])cc4)cc3)cc2)c2ccccc2)cc1. The van der Waals surface area contributed by atoms with Gasteiger partial charge in [-0.05, 0) is 126 Å². The van der Waals surface area contributed by atoms with Crippen LogP contribution in [-0.4, -0.2) is 9.85 Å². The summed E-state index contributed by atoms with van der Waals surface area (Å²) in [5.74, 6) is 0. The molecule has 288 valence electrons. The number of rotatable bonds is 12. The van der Waals surface area contributed by atoms with Crippen LogP contribution in [0.5, 0.6) is 0 Å². The largest absolute Gasteiger partial charge is 0.269 e. The van der Waals surface area contributed by atoms with Crippen LogP contribution in [0, 0.1) is 20.2 Å². The van der Waals surface area contributed by atoms with E-state index < -0.39 is 0 Å². The molecule has 8 aromatic carbocycles. The van der Waals surface area contributed by atoms with E-state index in [9.17, 15) is 20.2 Å². The second-order valence-electron chi connectivity index (χ2n) is 14.3. The van der Waals surface area contributed by atoms with Gasteiger partial charge >= 0.3 is 0 Å².